The second-order valence-corrected chi connectivity index (χ2v) is 8.97. The van der Waals surface area contributed by atoms with Crippen molar-refractivity contribution in [2.24, 2.45) is 0 Å². The van der Waals surface area contributed by atoms with E-state index in [1.54, 1.807) is 25.2 Å². The van der Waals surface area contributed by atoms with E-state index in [-0.39, 0.29) is 23.7 Å². The zero-order valence-electron chi connectivity index (χ0n) is 21.1. The number of anilines is 1. The molecule has 4 aromatic carbocycles. The Morgan fingerprint density at radius 3 is 2.00 bits per heavy atom. The van der Waals surface area contributed by atoms with E-state index >= 15 is 0 Å². The molecule has 1 heterocycles. The molecule has 38 heavy (non-hydrogen) atoms. The fourth-order valence-electron chi connectivity index (χ4n) is 4.89. The smallest absolute Gasteiger partial charge is 0.270 e. The van der Waals surface area contributed by atoms with Crippen LogP contribution in [0, 0.1) is 10.1 Å². The summed E-state index contributed by atoms with van der Waals surface area (Å²) in [7, 11) is 3.19. The predicted octanol–water partition coefficient (Wildman–Crippen LogP) is 5.97. The molecule has 0 unspecified atom stereocenters. The SMILES string of the molecule is COc1ccc(OC)c([C@@H]2N(Cc3ccccc3)C(=O)c3cc([N+](=O)[O-])ccc3N2Cc2ccccc2)c1. The molecule has 1 amide bonds. The number of fused-ring (bicyclic) bond motifs is 1. The number of ether oxygens (including phenoxy) is 2. The minimum atomic E-state index is -0.582. The van der Waals surface area contributed by atoms with Crippen molar-refractivity contribution < 1.29 is 19.2 Å². The molecule has 1 aliphatic heterocycles. The largest absolute Gasteiger partial charge is 0.497 e. The highest BCUT2D eigenvalue weighted by atomic mass is 16.6. The molecule has 8 heteroatoms. The summed E-state index contributed by atoms with van der Waals surface area (Å²) in [5.74, 6) is 0.930. The molecule has 0 saturated heterocycles. The van der Waals surface area contributed by atoms with Gasteiger partial charge >= 0.3 is 0 Å². The fourth-order valence-corrected chi connectivity index (χ4v) is 4.89. The summed E-state index contributed by atoms with van der Waals surface area (Å²) >= 11 is 0. The zero-order valence-corrected chi connectivity index (χ0v) is 21.1. The molecule has 0 bridgehead atoms. The van der Waals surface area contributed by atoms with Crippen LogP contribution in [0.15, 0.2) is 97.1 Å². The van der Waals surface area contributed by atoms with Crippen molar-refractivity contribution in [3.05, 3.63) is 129 Å². The summed E-state index contributed by atoms with van der Waals surface area (Å²) in [4.78, 5) is 29.1. The Kier molecular flexibility index (Phi) is 6.95. The van der Waals surface area contributed by atoms with Crippen LogP contribution in [-0.4, -0.2) is 29.9 Å². The van der Waals surface area contributed by atoms with Gasteiger partial charge in [-0.15, -0.1) is 0 Å². The summed E-state index contributed by atoms with van der Waals surface area (Å²) in [6.07, 6.45) is -0.582. The topological polar surface area (TPSA) is 85.1 Å². The van der Waals surface area contributed by atoms with E-state index in [2.05, 4.69) is 4.90 Å². The maximum atomic E-state index is 14.1. The Balaban J connectivity index is 1.75. The number of hydrogen-bond donors (Lipinski definition) is 0. The quantitative estimate of drug-likeness (QED) is 0.215. The number of amides is 1. The van der Waals surface area contributed by atoms with Crippen molar-refractivity contribution in [3.63, 3.8) is 0 Å². The first-order chi connectivity index (χ1) is 18.5. The van der Waals surface area contributed by atoms with Gasteiger partial charge in [0.15, 0.2) is 0 Å². The second kappa shape index (κ2) is 10.6. The van der Waals surface area contributed by atoms with Crippen molar-refractivity contribution in [2.45, 2.75) is 19.3 Å². The molecular formula is C30H27N3O5. The summed E-state index contributed by atoms with van der Waals surface area (Å²) in [6.45, 7) is 0.743. The third-order valence-corrected chi connectivity index (χ3v) is 6.69. The molecule has 192 valence electrons. The van der Waals surface area contributed by atoms with Gasteiger partial charge in [-0.3, -0.25) is 14.9 Å². The fraction of sp³-hybridized carbons (Fsp3) is 0.167. The van der Waals surface area contributed by atoms with Gasteiger partial charge in [0.05, 0.1) is 30.4 Å². The number of hydrogen-bond acceptors (Lipinski definition) is 6. The summed E-state index contributed by atoms with van der Waals surface area (Å²) < 4.78 is 11.3. The average Bonchev–Trinajstić information content (AvgIpc) is 2.96. The van der Waals surface area contributed by atoms with Gasteiger partial charge < -0.3 is 19.3 Å². The Morgan fingerprint density at radius 1 is 0.789 bits per heavy atom. The van der Waals surface area contributed by atoms with E-state index in [1.165, 1.54) is 12.1 Å². The van der Waals surface area contributed by atoms with Gasteiger partial charge in [0.25, 0.3) is 11.6 Å². The van der Waals surface area contributed by atoms with Crippen LogP contribution >= 0.6 is 0 Å². The van der Waals surface area contributed by atoms with Crippen LogP contribution in [0.5, 0.6) is 11.5 Å². The number of rotatable bonds is 8. The number of benzene rings is 4. The Bertz CT molecular complexity index is 1460. The van der Waals surface area contributed by atoms with Crippen molar-refractivity contribution in [1.29, 1.82) is 0 Å². The highest BCUT2D eigenvalue weighted by molar-refractivity contribution is 6.02. The van der Waals surface area contributed by atoms with Crippen LogP contribution in [0.4, 0.5) is 11.4 Å². The van der Waals surface area contributed by atoms with Gasteiger partial charge in [0, 0.05) is 30.8 Å². The molecular weight excluding hydrogens is 482 g/mol. The van der Waals surface area contributed by atoms with Gasteiger partial charge in [-0.2, -0.15) is 0 Å². The van der Waals surface area contributed by atoms with Crippen molar-refractivity contribution >= 4 is 17.3 Å². The lowest BCUT2D eigenvalue weighted by Gasteiger charge is -2.46. The lowest BCUT2D eigenvalue weighted by Crippen LogP contribution is -2.49. The molecule has 8 nitrogen and oxygen atoms in total. The summed E-state index contributed by atoms with van der Waals surface area (Å²) in [5, 5.41) is 11.6. The van der Waals surface area contributed by atoms with E-state index in [0.717, 1.165) is 16.7 Å². The van der Waals surface area contributed by atoms with Gasteiger partial charge in [0.2, 0.25) is 0 Å². The van der Waals surface area contributed by atoms with Crippen LogP contribution in [0.25, 0.3) is 0 Å². The molecule has 1 aliphatic rings. The highest BCUT2D eigenvalue weighted by Crippen LogP contribution is 2.45. The van der Waals surface area contributed by atoms with Crippen LogP contribution in [0.3, 0.4) is 0 Å². The van der Waals surface area contributed by atoms with Crippen LogP contribution in [0.1, 0.15) is 33.2 Å². The monoisotopic (exact) mass is 509 g/mol. The normalized spacial score (nSPS) is 14.7. The minimum absolute atomic E-state index is 0.131. The van der Waals surface area contributed by atoms with Crippen molar-refractivity contribution in [2.75, 3.05) is 19.1 Å². The summed E-state index contributed by atoms with van der Waals surface area (Å²) in [5.41, 5.74) is 3.47. The number of nitrogens with zero attached hydrogens (tertiary/aromatic N) is 3. The van der Waals surface area contributed by atoms with E-state index in [9.17, 15) is 14.9 Å². The lowest BCUT2D eigenvalue weighted by atomic mass is 9.98. The number of methoxy groups -OCH3 is 2. The Labute approximate surface area is 220 Å². The van der Waals surface area contributed by atoms with Crippen LogP contribution in [0.2, 0.25) is 0 Å². The first-order valence-corrected chi connectivity index (χ1v) is 12.2. The lowest BCUT2D eigenvalue weighted by molar-refractivity contribution is -0.384. The van der Waals surface area contributed by atoms with Crippen molar-refractivity contribution in [1.82, 2.24) is 4.90 Å². The molecule has 0 radical (unpaired) electrons. The number of carbonyl (C=O) groups excluding carboxylic acids is 1. The second-order valence-electron chi connectivity index (χ2n) is 8.97. The molecule has 1 atom stereocenters. The van der Waals surface area contributed by atoms with Gasteiger partial charge in [0.1, 0.15) is 17.7 Å². The molecule has 0 saturated carbocycles. The molecule has 5 rings (SSSR count). The molecule has 0 aromatic heterocycles. The molecule has 0 N–H and O–H groups in total. The predicted molar refractivity (Wildman–Crippen MR) is 144 cm³/mol. The van der Waals surface area contributed by atoms with E-state index in [1.807, 2.05) is 78.9 Å². The Morgan fingerprint density at radius 2 is 1.42 bits per heavy atom. The Hall–Kier alpha value is -4.85. The maximum absolute atomic E-state index is 14.1. The standard InChI is InChI=1S/C30H27N3O5/c1-37-24-14-16-28(38-2)26(18-24)29-31(19-21-9-5-3-6-10-21)27-15-13-23(33(35)36)17-25(27)30(34)32(29)20-22-11-7-4-8-12-22/h3-18,29H,19-20H2,1-2H3/t29-/m0/s1. The highest BCUT2D eigenvalue weighted by Gasteiger charge is 2.41. The van der Waals surface area contributed by atoms with E-state index in [0.29, 0.717) is 23.7 Å². The number of carbonyl (C=O) groups is 1. The number of nitro groups is 1. The van der Waals surface area contributed by atoms with Gasteiger partial charge in [-0.1, -0.05) is 60.7 Å². The van der Waals surface area contributed by atoms with Gasteiger partial charge in [-0.25, -0.2) is 0 Å². The maximum Gasteiger partial charge on any atom is 0.270 e. The van der Waals surface area contributed by atoms with Crippen LogP contribution < -0.4 is 14.4 Å². The first-order valence-electron chi connectivity index (χ1n) is 12.2. The zero-order chi connectivity index (χ0) is 26.6. The molecule has 0 aliphatic carbocycles. The first kappa shape index (κ1) is 24.8. The molecule has 0 spiro atoms. The number of non-ortho nitro benzene ring substituents is 1. The number of nitro benzene ring substituents is 1. The molecule has 0 fully saturated rings. The van der Waals surface area contributed by atoms with Gasteiger partial charge in [-0.05, 0) is 35.4 Å². The van der Waals surface area contributed by atoms with E-state index < -0.39 is 11.1 Å². The third kappa shape index (κ3) is 4.76. The summed E-state index contributed by atoms with van der Waals surface area (Å²) in [6, 6.07) is 29.6. The van der Waals surface area contributed by atoms with Crippen LogP contribution in [-0.2, 0) is 13.1 Å². The van der Waals surface area contributed by atoms with E-state index in [4.69, 9.17) is 9.47 Å². The average molecular weight is 510 g/mol. The third-order valence-electron chi connectivity index (χ3n) is 6.69. The minimum Gasteiger partial charge on any atom is -0.497 e. The molecule has 4 aromatic rings. The van der Waals surface area contributed by atoms with Crippen molar-refractivity contribution in [3.8, 4) is 11.5 Å².